The van der Waals surface area contributed by atoms with Gasteiger partial charge in [0.15, 0.2) is 0 Å². The van der Waals surface area contributed by atoms with Crippen molar-refractivity contribution >= 4 is 28.3 Å². The van der Waals surface area contributed by atoms with Crippen LogP contribution in [0.15, 0.2) is 6.20 Å². The molecule has 0 bridgehead atoms. The molecule has 1 heterocycles. The van der Waals surface area contributed by atoms with E-state index in [9.17, 15) is 32.1 Å². The third kappa shape index (κ3) is 2.79. The first kappa shape index (κ1) is 14.0. The molecule has 4 nitrogen and oxygen atoms in total. The van der Waals surface area contributed by atoms with Gasteiger partial charge in [0.1, 0.15) is 5.56 Å². The van der Waals surface area contributed by atoms with Crippen molar-refractivity contribution in [2.45, 2.75) is 12.6 Å². The summed E-state index contributed by atoms with van der Waals surface area (Å²) >= 11 is 1.27. The molecule has 0 spiro atoms. The van der Waals surface area contributed by atoms with Crippen molar-refractivity contribution in [2.24, 2.45) is 0 Å². The zero-order valence-corrected chi connectivity index (χ0v) is 9.79. The first-order valence-corrected chi connectivity index (χ1v) is 4.92. The van der Waals surface area contributed by atoms with E-state index in [0.29, 0.717) is 6.20 Å². The molecule has 1 aromatic heterocycles. The molecule has 0 unspecified atom stereocenters. The summed E-state index contributed by atoms with van der Waals surface area (Å²) in [6.45, 7) is 0. The third-order valence-electron chi connectivity index (χ3n) is 1.71. The zero-order valence-electron chi connectivity index (χ0n) is 7.63. The highest BCUT2D eigenvalue weighted by Gasteiger charge is 2.44. The molecule has 0 aliphatic rings. The molecule has 0 N–H and O–H groups in total. The lowest BCUT2D eigenvalue weighted by Crippen LogP contribution is -2.14. The van der Waals surface area contributed by atoms with Gasteiger partial charge in [-0.05, 0) is 22.6 Å². The SMILES string of the molecule is O=[N+]([O-])c1c(C(F)(F)F)ncc(I)c1C(F)F. The van der Waals surface area contributed by atoms with E-state index in [-0.39, 0.29) is 0 Å². The lowest BCUT2D eigenvalue weighted by Gasteiger charge is -2.10. The third-order valence-corrected chi connectivity index (χ3v) is 2.57. The number of hydrogen-bond donors (Lipinski definition) is 0. The largest absolute Gasteiger partial charge is 0.440 e. The number of hydrogen-bond acceptors (Lipinski definition) is 3. The Morgan fingerprint density at radius 3 is 2.29 bits per heavy atom. The molecular weight excluding hydrogens is 366 g/mol. The van der Waals surface area contributed by atoms with Crippen molar-refractivity contribution < 1.29 is 26.9 Å². The fourth-order valence-corrected chi connectivity index (χ4v) is 1.72. The summed E-state index contributed by atoms with van der Waals surface area (Å²) in [5.41, 5.74) is -4.88. The maximum absolute atomic E-state index is 12.5. The fraction of sp³-hybridized carbons (Fsp3) is 0.286. The van der Waals surface area contributed by atoms with Gasteiger partial charge in [-0.3, -0.25) is 10.1 Å². The van der Waals surface area contributed by atoms with Gasteiger partial charge in [-0.25, -0.2) is 13.8 Å². The molecule has 0 atom stereocenters. The minimum Gasteiger partial charge on any atom is -0.258 e. The average Bonchev–Trinajstić information content (AvgIpc) is 2.14. The Hall–Kier alpha value is -1.07. The average molecular weight is 368 g/mol. The summed E-state index contributed by atoms with van der Waals surface area (Å²) in [5, 5.41) is 10.5. The van der Waals surface area contributed by atoms with Crippen molar-refractivity contribution in [3.8, 4) is 0 Å². The zero-order chi connectivity index (χ0) is 13.4. The summed E-state index contributed by atoms with van der Waals surface area (Å²) in [5.74, 6) is 0. The van der Waals surface area contributed by atoms with Crippen LogP contribution in [0.1, 0.15) is 17.7 Å². The van der Waals surface area contributed by atoms with Gasteiger partial charge in [0.2, 0.25) is 5.69 Å². The standard InChI is InChI=1S/C7H2F5IN2O2/c8-6(9)3-2(13)1-14-5(7(10,11)12)4(3)15(16)17/h1,6H. The summed E-state index contributed by atoms with van der Waals surface area (Å²) in [6, 6.07) is 0. The number of alkyl halides is 5. The van der Waals surface area contributed by atoms with Crippen molar-refractivity contribution in [3.63, 3.8) is 0 Å². The molecule has 1 rings (SSSR count). The van der Waals surface area contributed by atoms with Crippen LogP contribution in [-0.2, 0) is 6.18 Å². The van der Waals surface area contributed by atoms with Crippen LogP contribution in [0.5, 0.6) is 0 Å². The van der Waals surface area contributed by atoms with Gasteiger partial charge in [-0.2, -0.15) is 13.2 Å². The van der Waals surface area contributed by atoms with E-state index in [1.165, 1.54) is 22.6 Å². The summed E-state index contributed by atoms with van der Waals surface area (Å²) in [4.78, 5) is 11.8. The second-order valence-corrected chi connectivity index (χ2v) is 3.93. The Morgan fingerprint density at radius 1 is 1.41 bits per heavy atom. The number of pyridine rings is 1. The second-order valence-electron chi connectivity index (χ2n) is 2.77. The van der Waals surface area contributed by atoms with E-state index in [1.807, 2.05) is 0 Å². The molecule has 0 saturated heterocycles. The Bertz CT molecular complexity index is 462. The van der Waals surface area contributed by atoms with Gasteiger partial charge < -0.3 is 0 Å². The quantitative estimate of drug-likeness (QED) is 0.347. The first-order chi connectivity index (χ1) is 7.66. The highest BCUT2D eigenvalue weighted by Crippen LogP contribution is 2.41. The van der Waals surface area contributed by atoms with Gasteiger partial charge >= 0.3 is 11.9 Å². The van der Waals surface area contributed by atoms with Crippen LogP contribution in [0, 0.1) is 13.7 Å². The van der Waals surface area contributed by atoms with E-state index in [0.717, 1.165) is 0 Å². The molecule has 0 aliphatic carbocycles. The first-order valence-electron chi connectivity index (χ1n) is 3.84. The van der Waals surface area contributed by atoms with Crippen LogP contribution in [0.25, 0.3) is 0 Å². The smallest absolute Gasteiger partial charge is 0.258 e. The molecule has 1 aromatic rings. The van der Waals surface area contributed by atoms with Crippen LogP contribution in [0.3, 0.4) is 0 Å². The molecule has 0 aromatic carbocycles. The van der Waals surface area contributed by atoms with Gasteiger partial charge in [0.05, 0.1) is 4.92 Å². The molecular formula is C7H2F5IN2O2. The Labute approximate surface area is 104 Å². The number of nitro groups is 1. The van der Waals surface area contributed by atoms with Gasteiger partial charge in [0, 0.05) is 9.77 Å². The van der Waals surface area contributed by atoms with Crippen molar-refractivity contribution in [1.29, 1.82) is 0 Å². The normalized spacial score (nSPS) is 11.9. The van der Waals surface area contributed by atoms with E-state index in [2.05, 4.69) is 4.98 Å². The van der Waals surface area contributed by atoms with Gasteiger partial charge in [-0.1, -0.05) is 0 Å². The topological polar surface area (TPSA) is 56.0 Å². The summed E-state index contributed by atoms with van der Waals surface area (Å²) in [7, 11) is 0. The molecule has 0 saturated carbocycles. The molecule has 0 radical (unpaired) electrons. The maximum atomic E-state index is 12.5. The van der Waals surface area contributed by atoms with Crippen molar-refractivity contribution in [1.82, 2.24) is 4.98 Å². The molecule has 94 valence electrons. The summed E-state index contributed by atoms with van der Waals surface area (Å²) < 4.78 is 61.7. The van der Waals surface area contributed by atoms with E-state index in [1.54, 1.807) is 0 Å². The van der Waals surface area contributed by atoms with Crippen LogP contribution in [-0.4, -0.2) is 9.91 Å². The molecule has 0 amide bonds. The lowest BCUT2D eigenvalue weighted by atomic mass is 10.2. The van der Waals surface area contributed by atoms with Crippen LogP contribution in [0.4, 0.5) is 27.6 Å². The van der Waals surface area contributed by atoms with Gasteiger partial charge in [0.25, 0.3) is 6.43 Å². The van der Waals surface area contributed by atoms with Crippen LogP contribution >= 0.6 is 22.6 Å². The molecule has 17 heavy (non-hydrogen) atoms. The van der Waals surface area contributed by atoms with E-state index >= 15 is 0 Å². The van der Waals surface area contributed by atoms with E-state index < -0.39 is 38.0 Å². The van der Waals surface area contributed by atoms with E-state index in [4.69, 9.17) is 0 Å². The minimum atomic E-state index is -5.16. The molecule has 10 heteroatoms. The molecule has 0 aliphatic heterocycles. The Morgan fingerprint density at radius 2 is 1.94 bits per heavy atom. The number of halogens is 6. The van der Waals surface area contributed by atoms with Crippen LogP contribution < -0.4 is 0 Å². The number of rotatable bonds is 2. The predicted molar refractivity (Wildman–Crippen MR) is 53.6 cm³/mol. The summed E-state index contributed by atoms with van der Waals surface area (Å²) in [6.07, 6.45) is -8.01. The van der Waals surface area contributed by atoms with Crippen LogP contribution in [0.2, 0.25) is 0 Å². The Kier molecular flexibility index (Phi) is 3.84. The number of aromatic nitrogens is 1. The highest BCUT2D eigenvalue weighted by atomic mass is 127. The second kappa shape index (κ2) is 4.66. The van der Waals surface area contributed by atoms with Gasteiger partial charge in [-0.15, -0.1) is 0 Å². The predicted octanol–water partition coefficient (Wildman–Crippen LogP) is 3.55. The van der Waals surface area contributed by atoms with Crippen molar-refractivity contribution in [2.75, 3.05) is 0 Å². The highest BCUT2D eigenvalue weighted by molar-refractivity contribution is 14.1. The number of nitrogens with zero attached hydrogens (tertiary/aromatic N) is 2. The Balaban J connectivity index is 3.66. The van der Waals surface area contributed by atoms with Crippen molar-refractivity contribution in [3.05, 3.63) is 31.1 Å². The minimum absolute atomic E-state index is 0.391. The lowest BCUT2D eigenvalue weighted by molar-refractivity contribution is -0.390. The maximum Gasteiger partial charge on any atom is 0.440 e. The fourth-order valence-electron chi connectivity index (χ4n) is 1.09. The molecule has 0 fully saturated rings. The monoisotopic (exact) mass is 368 g/mol.